The summed E-state index contributed by atoms with van der Waals surface area (Å²) in [6.45, 7) is 6.54. The number of hydrogen-bond acceptors (Lipinski definition) is 3. The lowest BCUT2D eigenvalue weighted by molar-refractivity contribution is 0.163. The quantitative estimate of drug-likeness (QED) is 0.605. The van der Waals surface area contributed by atoms with Gasteiger partial charge in [0.1, 0.15) is 0 Å². The summed E-state index contributed by atoms with van der Waals surface area (Å²) >= 11 is 0. The molecule has 1 aliphatic rings. The molecule has 1 fully saturated rings. The van der Waals surface area contributed by atoms with Gasteiger partial charge >= 0.3 is 0 Å². The maximum absolute atomic E-state index is 5.88. The largest absolute Gasteiger partial charge is 0.315 e. The van der Waals surface area contributed by atoms with E-state index in [1.807, 2.05) is 0 Å². The second kappa shape index (κ2) is 4.70. The molecule has 0 amide bonds. The molecule has 0 aliphatic carbocycles. The van der Waals surface area contributed by atoms with Crippen LogP contribution in [0, 0.1) is 0 Å². The molecular weight excluding hydrogens is 138 g/mol. The molecule has 1 unspecified atom stereocenters. The lowest BCUT2D eigenvalue weighted by atomic mass is 10.2. The summed E-state index contributed by atoms with van der Waals surface area (Å²) in [5.41, 5.74) is 5.88. The van der Waals surface area contributed by atoms with Crippen LogP contribution in [0.5, 0.6) is 0 Å². The van der Waals surface area contributed by atoms with Crippen LogP contribution in [0.25, 0.3) is 0 Å². The van der Waals surface area contributed by atoms with Crippen molar-refractivity contribution >= 4 is 0 Å². The molecule has 0 spiro atoms. The average Bonchev–Trinajstić information content (AvgIpc) is 2.03. The van der Waals surface area contributed by atoms with Crippen molar-refractivity contribution in [2.75, 3.05) is 26.2 Å². The SMILES string of the molecule is CCCCN1CCNCC1N. The Morgan fingerprint density at radius 3 is 3.09 bits per heavy atom. The molecule has 3 heteroatoms. The van der Waals surface area contributed by atoms with Crippen molar-refractivity contribution in [3.8, 4) is 0 Å². The first kappa shape index (κ1) is 8.97. The highest BCUT2D eigenvalue weighted by Gasteiger charge is 2.16. The highest BCUT2D eigenvalue weighted by atomic mass is 15.3. The molecule has 11 heavy (non-hydrogen) atoms. The Labute approximate surface area is 68.9 Å². The second-order valence-electron chi connectivity index (χ2n) is 3.16. The molecule has 3 N–H and O–H groups in total. The normalized spacial score (nSPS) is 27.3. The van der Waals surface area contributed by atoms with Crippen LogP contribution >= 0.6 is 0 Å². The number of hydrogen-bond donors (Lipinski definition) is 2. The Hall–Kier alpha value is -0.120. The summed E-state index contributed by atoms with van der Waals surface area (Å²) < 4.78 is 0. The zero-order valence-electron chi connectivity index (χ0n) is 7.34. The van der Waals surface area contributed by atoms with Crippen molar-refractivity contribution in [2.24, 2.45) is 5.73 Å². The van der Waals surface area contributed by atoms with E-state index < -0.39 is 0 Å². The summed E-state index contributed by atoms with van der Waals surface area (Å²) in [6.07, 6.45) is 2.78. The van der Waals surface area contributed by atoms with Crippen LogP contribution in [0.2, 0.25) is 0 Å². The van der Waals surface area contributed by atoms with Gasteiger partial charge in [0.2, 0.25) is 0 Å². The van der Waals surface area contributed by atoms with Gasteiger partial charge in [-0.25, -0.2) is 0 Å². The molecule has 0 aromatic carbocycles. The minimum atomic E-state index is 0.246. The first-order valence-electron chi connectivity index (χ1n) is 4.55. The molecule has 1 atom stereocenters. The molecule has 1 saturated heterocycles. The zero-order chi connectivity index (χ0) is 8.10. The van der Waals surface area contributed by atoms with E-state index in [9.17, 15) is 0 Å². The van der Waals surface area contributed by atoms with Gasteiger partial charge < -0.3 is 11.1 Å². The first-order valence-corrected chi connectivity index (χ1v) is 4.55. The van der Waals surface area contributed by atoms with E-state index in [2.05, 4.69) is 17.1 Å². The molecule has 0 aromatic rings. The monoisotopic (exact) mass is 157 g/mol. The predicted octanol–water partition coefficient (Wildman–Crippen LogP) is -0.0235. The maximum Gasteiger partial charge on any atom is 0.0700 e. The summed E-state index contributed by atoms with van der Waals surface area (Å²) in [5, 5.41) is 3.27. The molecule has 0 bridgehead atoms. The molecule has 0 radical (unpaired) electrons. The van der Waals surface area contributed by atoms with Gasteiger partial charge in [0.25, 0.3) is 0 Å². The summed E-state index contributed by atoms with van der Waals surface area (Å²) in [7, 11) is 0. The number of nitrogens with one attached hydrogen (secondary N) is 1. The smallest absolute Gasteiger partial charge is 0.0700 e. The van der Waals surface area contributed by atoms with E-state index in [-0.39, 0.29) is 6.17 Å². The van der Waals surface area contributed by atoms with Crippen LogP contribution < -0.4 is 11.1 Å². The fraction of sp³-hybridized carbons (Fsp3) is 1.00. The average molecular weight is 157 g/mol. The highest BCUT2D eigenvalue weighted by molar-refractivity contribution is 4.74. The van der Waals surface area contributed by atoms with Gasteiger partial charge in [-0.3, -0.25) is 4.90 Å². The molecule has 1 rings (SSSR count). The molecule has 66 valence electrons. The predicted molar refractivity (Wildman–Crippen MR) is 47.3 cm³/mol. The van der Waals surface area contributed by atoms with Gasteiger partial charge in [0.05, 0.1) is 6.17 Å². The summed E-state index contributed by atoms with van der Waals surface area (Å²) in [5.74, 6) is 0. The van der Waals surface area contributed by atoms with Crippen molar-refractivity contribution in [3.05, 3.63) is 0 Å². The molecular formula is C8H19N3. The van der Waals surface area contributed by atoms with Crippen LogP contribution in [0.3, 0.4) is 0 Å². The van der Waals surface area contributed by atoms with E-state index >= 15 is 0 Å². The number of nitrogens with zero attached hydrogens (tertiary/aromatic N) is 1. The van der Waals surface area contributed by atoms with Crippen LogP contribution in [-0.2, 0) is 0 Å². The molecule has 0 saturated carbocycles. The Kier molecular flexibility index (Phi) is 3.83. The molecule has 1 heterocycles. The van der Waals surface area contributed by atoms with Crippen LogP contribution in [0.1, 0.15) is 19.8 Å². The van der Waals surface area contributed by atoms with Crippen LogP contribution in [0.4, 0.5) is 0 Å². The Morgan fingerprint density at radius 1 is 1.64 bits per heavy atom. The van der Waals surface area contributed by atoms with E-state index in [4.69, 9.17) is 5.73 Å². The van der Waals surface area contributed by atoms with Crippen molar-refractivity contribution in [1.82, 2.24) is 10.2 Å². The first-order chi connectivity index (χ1) is 5.34. The zero-order valence-corrected chi connectivity index (χ0v) is 7.34. The summed E-state index contributed by atoms with van der Waals surface area (Å²) in [4.78, 5) is 2.36. The number of rotatable bonds is 3. The van der Waals surface area contributed by atoms with Crippen LogP contribution in [-0.4, -0.2) is 37.2 Å². The molecule has 3 nitrogen and oxygen atoms in total. The van der Waals surface area contributed by atoms with Crippen molar-refractivity contribution in [3.63, 3.8) is 0 Å². The lowest BCUT2D eigenvalue weighted by Crippen LogP contribution is -2.55. The van der Waals surface area contributed by atoms with Gasteiger partial charge in [-0.15, -0.1) is 0 Å². The van der Waals surface area contributed by atoms with Gasteiger partial charge in [0.15, 0.2) is 0 Å². The van der Waals surface area contributed by atoms with E-state index in [1.165, 1.54) is 19.4 Å². The number of nitrogens with two attached hydrogens (primary N) is 1. The van der Waals surface area contributed by atoms with E-state index in [0.717, 1.165) is 19.6 Å². The molecule has 1 aliphatic heterocycles. The Balaban J connectivity index is 2.18. The minimum absolute atomic E-state index is 0.246. The van der Waals surface area contributed by atoms with Crippen molar-refractivity contribution < 1.29 is 0 Å². The molecule has 0 aromatic heterocycles. The van der Waals surface area contributed by atoms with Gasteiger partial charge in [-0.2, -0.15) is 0 Å². The fourth-order valence-electron chi connectivity index (χ4n) is 1.41. The third-order valence-electron chi connectivity index (χ3n) is 2.20. The van der Waals surface area contributed by atoms with Crippen molar-refractivity contribution in [1.29, 1.82) is 0 Å². The Morgan fingerprint density at radius 2 is 2.45 bits per heavy atom. The topological polar surface area (TPSA) is 41.3 Å². The highest BCUT2D eigenvalue weighted by Crippen LogP contribution is 2.00. The fourth-order valence-corrected chi connectivity index (χ4v) is 1.41. The van der Waals surface area contributed by atoms with Gasteiger partial charge in [-0.1, -0.05) is 13.3 Å². The minimum Gasteiger partial charge on any atom is -0.315 e. The third kappa shape index (κ3) is 2.77. The third-order valence-corrected chi connectivity index (χ3v) is 2.20. The second-order valence-corrected chi connectivity index (χ2v) is 3.16. The lowest BCUT2D eigenvalue weighted by Gasteiger charge is -2.33. The number of piperazine rings is 1. The maximum atomic E-state index is 5.88. The Bertz CT molecular complexity index is 106. The van der Waals surface area contributed by atoms with Gasteiger partial charge in [0, 0.05) is 19.6 Å². The summed E-state index contributed by atoms with van der Waals surface area (Å²) in [6, 6.07) is 0. The van der Waals surface area contributed by atoms with Gasteiger partial charge in [-0.05, 0) is 13.0 Å². The van der Waals surface area contributed by atoms with E-state index in [0.29, 0.717) is 0 Å². The standard InChI is InChI=1S/C8H19N3/c1-2-3-5-11-6-4-10-7-8(11)9/h8,10H,2-7,9H2,1H3. The van der Waals surface area contributed by atoms with Crippen LogP contribution in [0.15, 0.2) is 0 Å². The van der Waals surface area contributed by atoms with E-state index in [1.54, 1.807) is 0 Å². The van der Waals surface area contributed by atoms with Crippen molar-refractivity contribution in [2.45, 2.75) is 25.9 Å². The number of unbranched alkanes of at least 4 members (excludes halogenated alkanes) is 1.